The molecule has 5 heteroatoms. The van der Waals surface area contributed by atoms with Gasteiger partial charge in [0.15, 0.2) is 0 Å². The highest BCUT2D eigenvalue weighted by molar-refractivity contribution is 5.86. The molecule has 2 aromatic rings. The summed E-state index contributed by atoms with van der Waals surface area (Å²) in [5.41, 5.74) is -0.803. The van der Waals surface area contributed by atoms with Gasteiger partial charge in [0.05, 0.1) is 19.6 Å². The molecule has 0 spiro atoms. The van der Waals surface area contributed by atoms with Gasteiger partial charge in [-0.25, -0.2) is 4.79 Å². The van der Waals surface area contributed by atoms with Crippen molar-refractivity contribution in [2.75, 3.05) is 7.11 Å². The highest BCUT2D eigenvalue weighted by Crippen LogP contribution is 2.30. The molecule has 0 aliphatic heterocycles. The van der Waals surface area contributed by atoms with E-state index in [0.717, 1.165) is 0 Å². The first kappa shape index (κ1) is 11.5. The summed E-state index contributed by atoms with van der Waals surface area (Å²) in [6.45, 7) is 1.55. The predicted molar refractivity (Wildman–Crippen MR) is 57.4 cm³/mol. The normalized spacial score (nSPS) is 14.3. The fourth-order valence-electron chi connectivity index (χ4n) is 1.49. The maximum Gasteiger partial charge on any atom is 0.373 e. The first-order valence-electron chi connectivity index (χ1n) is 4.99. The number of rotatable bonds is 3. The lowest BCUT2D eigenvalue weighted by molar-refractivity contribution is 0.0521. The number of hydrogen-bond acceptors (Lipinski definition) is 5. The Labute approximate surface area is 97.6 Å². The summed E-state index contributed by atoms with van der Waals surface area (Å²) in [6.07, 6.45) is 2.87. The number of carbonyl (C=O) groups excluding carboxylic acids is 1. The highest BCUT2D eigenvalue weighted by Gasteiger charge is 2.31. The summed E-state index contributed by atoms with van der Waals surface area (Å²) in [4.78, 5) is 11.2. The van der Waals surface area contributed by atoms with E-state index in [-0.39, 0.29) is 11.5 Å². The van der Waals surface area contributed by atoms with Gasteiger partial charge in [0.25, 0.3) is 0 Å². The van der Waals surface area contributed by atoms with E-state index in [1.807, 2.05) is 0 Å². The minimum atomic E-state index is -1.35. The zero-order valence-electron chi connectivity index (χ0n) is 9.47. The van der Waals surface area contributed by atoms with E-state index in [2.05, 4.69) is 4.74 Å². The minimum Gasteiger partial charge on any atom is -0.472 e. The Balaban J connectivity index is 2.34. The highest BCUT2D eigenvalue weighted by atomic mass is 16.5. The lowest BCUT2D eigenvalue weighted by Gasteiger charge is -2.18. The average molecular weight is 236 g/mol. The average Bonchev–Trinajstić information content (AvgIpc) is 2.98. The third kappa shape index (κ3) is 1.97. The van der Waals surface area contributed by atoms with Crippen LogP contribution in [0.4, 0.5) is 0 Å². The van der Waals surface area contributed by atoms with Gasteiger partial charge in [-0.1, -0.05) is 0 Å². The van der Waals surface area contributed by atoms with Crippen LogP contribution in [0, 0.1) is 0 Å². The summed E-state index contributed by atoms with van der Waals surface area (Å²) in [6, 6.07) is 4.61. The number of aliphatic hydroxyl groups is 1. The van der Waals surface area contributed by atoms with Crippen LogP contribution >= 0.6 is 0 Å². The van der Waals surface area contributed by atoms with Crippen LogP contribution in [0.15, 0.2) is 39.6 Å². The Bertz CT molecular complexity index is 507. The van der Waals surface area contributed by atoms with E-state index in [1.54, 1.807) is 13.0 Å². The fourth-order valence-corrected chi connectivity index (χ4v) is 1.49. The molecule has 0 saturated heterocycles. The molecule has 90 valence electrons. The van der Waals surface area contributed by atoms with Crippen molar-refractivity contribution < 1.29 is 23.5 Å². The van der Waals surface area contributed by atoms with Gasteiger partial charge < -0.3 is 18.7 Å². The van der Waals surface area contributed by atoms with Crippen LogP contribution in [0.2, 0.25) is 0 Å². The first-order chi connectivity index (χ1) is 8.05. The Morgan fingerprint density at radius 3 is 2.76 bits per heavy atom. The van der Waals surface area contributed by atoms with Crippen LogP contribution in [-0.4, -0.2) is 18.2 Å². The summed E-state index contributed by atoms with van der Waals surface area (Å²) in [5.74, 6) is -0.287. The van der Waals surface area contributed by atoms with Gasteiger partial charge >= 0.3 is 5.97 Å². The van der Waals surface area contributed by atoms with Crippen molar-refractivity contribution >= 4 is 5.97 Å². The molecule has 0 bridgehead atoms. The molecule has 17 heavy (non-hydrogen) atoms. The van der Waals surface area contributed by atoms with E-state index in [0.29, 0.717) is 5.56 Å². The fraction of sp³-hybridized carbons (Fsp3) is 0.250. The molecule has 2 rings (SSSR count). The molecule has 0 radical (unpaired) electrons. The van der Waals surface area contributed by atoms with Crippen LogP contribution in [0.5, 0.6) is 0 Å². The molecule has 2 aromatic heterocycles. The summed E-state index contributed by atoms with van der Waals surface area (Å²) >= 11 is 0. The number of esters is 1. The molecular weight excluding hydrogens is 224 g/mol. The zero-order chi connectivity index (χ0) is 12.5. The van der Waals surface area contributed by atoms with E-state index in [4.69, 9.17) is 8.83 Å². The molecule has 2 heterocycles. The van der Waals surface area contributed by atoms with Gasteiger partial charge in [-0.05, 0) is 25.1 Å². The number of carbonyl (C=O) groups is 1. The van der Waals surface area contributed by atoms with Crippen molar-refractivity contribution in [2.45, 2.75) is 12.5 Å². The lowest BCUT2D eigenvalue weighted by atomic mass is 9.96. The van der Waals surface area contributed by atoms with Crippen molar-refractivity contribution in [1.82, 2.24) is 0 Å². The van der Waals surface area contributed by atoms with Gasteiger partial charge in [0.2, 0.25) is 5.76 Å². The molecule has 5 nitrogen and oxygen atoms in total. The third-order valence-corrected chi connectivity index (χ3v) is 2.56. The Morgan fingerprint density at radius 1 is 1.41 bits per heavy atom. The number of methoxy groups -OCH3 is 1. The van der Waals surface area contributed by atoms with E-state index >= 15 is 0 Å². The summed E-state index contributed by atoms with van der Waals surface area (Å²) < 4.78 is 14.7. The van der Waals surface area contributed by atoms with Gasteiger partial charge in [0.1, 0.15) is 11.4 Å². The molecule has 1 N–H and O–H groups in total. The second-order valence-electron chi connectivity index (χ2n) is 3.74. The molecule has 1 unspecified atom stereocenters. The van der Waals surface area contributed by atoms with Gasteiger partial charge in [0, 0.05) is 5.56 Å². The van der Waals surface area contributed by atoms with Crippen LogP contribution in [-0.2, 0) is 10.3 Å². The number of ether oxygens (including phenoxy) is 1. The van der Waals surface area contributed by atoms with Crippen molar-refractivity contribution in [3.8, 4) is 0 Å². The van der Waals surface area contributed by atoms with Crippen molar-refractivity contribution in [3.63, 3.8) is 0 Å². The molecule has 1 atom stereocenters. The van der Waals surface area contributed by atoms with Gasteiger partial charge in [-0.3, -0.25) is 0 Å². The SMILES string of the molecule is COC(=O)c1ccc(C(C)(O)c2ccoc2)o1. The Morgan fingerprint density at radius 2 is 2.18 bits per heavy atom. The maximum atomic E-state index is 11.2. The quantitative estimate of drug-likeness (QED) is 0.824. The predicted octanol–water partition coefficient (Wildman–Crippen LogP) is 1.91. The van der Waals surface area contributed by atoms with Crippen LogP contribution in [0.25, 0.3) is 0 Å². The standard InChI is InChI=1S/C12H12O5/c1-12(14,8-5-6-16-7-8)10-4-3-9(17-10)11(13)15-2/h3-7,14H,1-2H3. The monoisotopic (exact) mass is 236 g/mol. The number of hydrogen-bond donors (Lipinski definition) is 1. The van der Waals surface area contributed by atoms with E-state index in [1.165, 1.54) is 31.8 Å². The molecule has 0 fully saturated rings. The van der Waals surface area contributed by atoms with Crippen LogP contribution < -0.4 is 0 Å². The Hall–Kier alpha value is -2.01. The van der Waals surface area contributed by atoms with Gasteiger partial charge in [-0.15, -0.1) is 0 Å². The minimum absolute atomic E-state index is 0.0475. The van der Waals surface area contributed by atoms with Crippen molar-refractivity contribution in [3.05, 3.63) is 47.8 Å². The molecule has 0 aromatic carbocycles. The zero-order valence-corrected chi connectivity index (χ0v) is 9.47. The molecule has 0 saturated carbocycles. The molecule has 0 aliphatic carbocycles. The lowest BCUT2D eigenvalue weighted by Crippen LogP contribution is -2.21. The van der Waals surface area contributed by atoms with E-state index in [9.17, 15) is 9.90 Å². The molecular formula is C12H12O5. The van der Waals surface area contributed by atoms with Crippen LogP contribution in [0.3, 0.4) is 0 Å². The van der Waals surface area contributed by atoms with E-state index < -0.39 is 11.6 Å². The topological polar surface area (TPSA) is 72.8 Å². The second kappa shape index (κ2) is 4.10. The third-order valence-electron chi connectivity index (χ3n) is 2.56. The summed E-state index contributed by atoms with van der Waals surface area (Å²) in [5, 5.41) is 10.3. The first-order valence-corrected chi connectivity index (χ1v) is 4.99. The van der Waals surface area contributed by atoms with Crippen molar-refractivity contribution in [1.29, 1.82) is 0 Å². The Kier molecular flexibility index (Phi) is 2.77. The second-order valence-corrected chi connectivity index (χ2v) is 3.74. The largest absolute Gasteiger partial charge is 0.472 e. The number of furan rings is 2. The van der Waals surface area contributed by atoms with Crippen LogP contribution in [0.1, 0.15) is 28.8 Å². The van der Waals surface area contributed by atoms with Gasteiger partial charge in [-0.2, -0.15) is 0 Å². The molecule has 0 aliphatic rings. The van der Waals surface area contributed by atoms with Crippen molar-refractivity contribution in [2.24, 2.45) is 0 Å². The summed E-state index contributed by atoms with van der Waals surface area (Å²) in [7, 11) is 1.26. The molecule has 0 amide bonds. The smallest absolute Gasteiger partial charge is 0.373 e. The maximum absolute atomic E-state index is 11.2.